The van der Waals surface area contributed by atoms with E-state index < -0.39 is 16.6 Å². The molecule has 0 rings (SSSR count). The Morgan fingerprint density at radius 3 is 1.14 bits per heavy atom. The standard InChI is InChI=1S/C18H42O2Si2/c1-9-11-13-15-17(19-21(3,4)5)18(16-14-12-10-2)20-22(6,7)8/h17-18H,9-16H2,1-8H3. The largest absolute Gasteiger partial charge is 0.412 e. The lowest BCUT2D eigenvalue weighted by Gasteiger charge is -2.36. The molecule has 0 saturated carbocycles. The summed E-state index contributed by atoms with van der Waals surface area (Å²) in [6.45, 7) is 18.4. The van der Waals surface area contributed by atoms with E-state index in [9.17, 15) is 0 Å². The normalized spacial score (nSPS) is 15.8. The lowest BCUT2D eigenvalue weighted by Crippen LogP contribution is -2.44. The molecule has 2 atom stereocenters. The molecule has 0 aliphatic rings. The highest BCUT2D eigenvalue weighted by Crippen LogP contribution is 2.25. The van der Waals surface area contributed by atoms with Gasteiger partial charge in [0.25, 0.3) is 0 Å². The van der Waals surface area contributed by atoms with Crippen molar-refractivity contribution in [3.8, 4) is 0 Å². The van der Waals surface area contributed by atoms with Gasteiger partial charge in [-0.1, -0.05) is 52.4 Å². The lowest BCUT2D eigenvalue weighted by molar-refractivity contribution is 0.0303. The Hall–Kier alpha value is 0.354. The molecule has 0 bridgehead atoms. The fourth-order valence-corrected chi connectivity index (χ4v) is 5.10. The van der Waals surface area contributed by atoms with Gasteiger partial charge in [-0.05, 0) is 52.1 Å². The Bertz CT molecular complexity index is 241. The van der Waals surface area contributed by atoms with Crippen LogP contribution in [0.5, 0.6) is 0 Å². The zero-order valence-corrected chi connectivity index (χ0v) is 18.6. The summed E-state index contributed by atoms with van der Waals surface area (Å²) < 4.78 is 13.1. The molecular formula is C18H42O2Si2. The van der Waals surface area contributed by atoms with E-state index in [0.717, 1.165) is 0 Å². The molecule has 0 aromatic heterocycles. The Labute approximate surface area is 142 Å². The van der Waals surface area contributed by atoms with E-state index in [1.54, 1.807) is 0 Å². The first-order chi connectivity index (χ1) is 10.1. The minimum absolute atomic E-state index is 0.307. The molecule has 0 aliphatic heterocycles. The average molecular weight is 347 g/mol. The van der Waals surface area contributed by atoms with Gasteiger partial charge in [-0.15, -0.1) is 0 Å². The van der Waals surface area contributed by atoms with Crippen LogP contribution in [-0.2, 0) is 8.85 Å². The average Bonchev–Trinajstić information content (AvgIpc) is 2.34. The molecule has 0 aromatic rings. The van der Waals surface area contributed by atoms with Crippen molar-refractivity contribution < 1.29 is 8.85 Å². The fraction of sp³-hybridized carbons (Fsp3) is 1.00. The summed E-state index contributed by atoms with van der Waals surface area (Å²) in [5, 5.41) is 0. The Morgan fingerprint density at radius 2 is 0.909 bits per heavy atom. The molecule has 0 N–H and O–H groups in total. The molecule has 0 spiro atoms. The van der Waals surface area contributed by atoms with Crippen LogP contribution in [0.25, 0.3) is 0 Å². The van der Waals surface area contributed by atoms with E-state index in [1.807, 2.05) is 0 Å². The van der Waals surface area contributed by atoms with Gasteiger partial charge in [0.2, 0.25) is 0 Å². The van der Waals surface area contributed by atoms with Crippen LogP contribution in [-0.4, -0.2) is 28.8 Å². The van der Waals surface area contributed by atoms with Crippen LogP contribution < -0.4 is 0 Å². The van der Waals surface area contributed by atoms with Crippen molar-refractivity contribution in [2.75, 3.05) is 0 Å². The maximum absolute atomic E-state index is 6.56. The van der Waals surface area contributed by atoms with E-state index in [0.29, 0.717) is 12.2 Å². The van der Waals surface area contributed by atoms with E-state index in [1.165, 1.54) is 51.4 Å². The predicted octanol–water partition coefficient (Wildman–Crippen LogP) is 6.59. The van der Waals surface area contributed by atoms with Crippen molar-refractivity contribution in [1.82, 2.24) is 0 Å². The first kappa shape index (κ1) is 22.4. The predicted molar refractivity (Wildman–Crippen MR) is 105 cm³/mol. The van der Waals surface area contributed by atoms with Crippen molar-refractivity contribution in [2.45, 2.75) is 117 Å². The second kappa shape index (κ2) is 11.0. The molecule has 0 fully saturated rings. The lowest BCUT2D eigenvalue weighted by atomic mass is 10.0. The first-order valence-electron chi connectivity index (χ1n) is 9.44. The number of unbranched alkanes of at least 4 members (excludes halogenated alkanes) is 4. The molecule has 0 radical (unpaired) electrons. The number of hydrogen-bond acceptors (Lipinski definition) is 2. The first-order valence-corrected chi connectivity index (χ1v) is 16.3. The fourth-order valence-electron chi connectivity index (χ4n) is 2.74. The highest BCUT2D eigenvalue weighted by atomic mass is 28.4. The second-order valence-corrected chi connectivity index (χ2v) is 17.4. The summed E-state index contributed by atoms with van der Waals surface area (Å²) in [4.78, 5) is 0. The third-order valence-corrected chi connectivity index (χ3v) is 5.63. The molecule has 22 heavy (non-hydrogen) atoms. The third kappa shape index (κ3) is 12.9. The monoisotopic (exact) mass is 346 g/mol. The summed E-state index contributed by atoms with van der Waals surface area (Å²) in [5.41, 5.74) is 0. The maximum Gasteiger partial charge on any atom is 0.184 e. The van der Waals surface area contributed by atoms with Gasteiger partial charge < -0.3 is 8.85 Å². The molecule has 4 heteroatoms. The van der Waals surface area contributed by atoms with Crippen molar-refractivity contribution in [1.29, 1.82) is 0 Å². The van der Waals surface area contributed by atoms with Crippen LogP contribution in [0.2, 0.25) is 39.3 Å². The molecule has 0 amide bonds. The SMILES string of the molecule is CCCCCC(O[Si](C)(C)C)C(CCCCC)O[Si](C)(C)C. The summed E-state index contributed by atoms with van der Waals surface area (Å²) >= 11 is 0. The van der Waals surface area contributed by atoms with E-state index in [2.05, 4.69) is 53.1 Å². The van der Waals surface area contributed by atoms with Crippen LogP contribution in [0.3, 0.4) is 0 Å². The van der Waals surface area contributed by atoms with Crippen molar-refractivity contribution >= 4 is 16.6 Å². The van der Waals surface area contributed by atoms with Crippen molar-refractivity contribution in [2.24, 2.45) is 0 Å². The summed E-state index contributed by atoms with van der Waals surface area (Å²) in [5.74, 6) is 0. The van der Waals surface area contributed by atoms with Gasteiger partial charge >= 0.3 is 0 Å². The second-order valence-electron chi connectivity index (χ2n) is 8.53. The zero-order chi connectivity index (χ0) is 17.2. The molecule has 134 valence electrons. The number of hydrogen-bond donors (Lipinski definition) is 0. The summed E-state index contributed by atoms with van der Waals surface area (Å²) in [6, 6.07) is 0. The smallest absolute Gasteiger partial charge is 0.184 e. The summed E-state index contributed by atoms with van der Waals surface area (Å²) in [7, 11) is -3.06. The van der Waals surface area contributed by atoms with Crippen LogP contribution >= 0.6 is 0 Å². The Kier molecular flexibility index (Phi) is 11.2. The zero-order valence-electron chi connectivity index (χ0n) is 16.6. The minimum Gasteiger partial charge on any atom is -0.412 e. The third-order valence-electron chi connectivity index (χ3n) is 3.61. The van der Waals surface area contributed by atoms with E-state index in [4.69, 9.17) is 8.85 Å². The highest BCUT2D eigenvalue weighted by Gasteiger charge is 2.31. The molecular weight excluding hydrogens is 304 g/mol. The Morgan fingerprint density at radius 1 is 0.591 bits per heavy atom. The summed E-state index contributed by atoms with van der Waals surface area (Å²) in [6.07, 6.45) is 10.6. The van der Waals surface area contributed by atoms with E-state index in [-0.39, 0.29) is 0 Å². The van der Waals surface area contributed by atoms with Crippen LogP contribution in [0.4, 0.5) is 0 Å². The maximum atomic E-state index is 6.56. The van der Waals surface area contributed by atoms with Gasteiger partial charge in [0.1, 0.15) is 0 Å². The molecule has 2 unspecified atom stereocenters. The van der Waals surface area contributed by atoms with E-state index >= 15 is 0 Å². The molecule has 2 nitrogen and oxygen atoms in total. The Balaban J connectivity index is 4.87. The topological polar surface area (TPSA) is 18.5 Å². The van der Waals surface area contributed by atoms with Crippen LogP contribution in [0.1, 0.15) is 65.2 Å². The van der Waals surface area contributed by atoms with Crippen molar-refractivity contribution in [3.05, 3.63) is 0 Å². The van der Waals surface area contributed by atoms with Crippen LogP contribution in [0.15, 0.2) is 0 Å². The minimum atomic E-state index is -1.53. The van der Waals surface area contributed by atoms with Gasteiger partial charge in [0.05, 0.1) is 12.2 Å². The quantitative estimate of drug-likeness (QED) is 0.277. The highest BCUT2D eigenvalue weighted by molar-refractivity contribution is 6.70. The van der Waals surface area contributed by atoms with Gasteiger partial charge in [-0.2, -0.15) is 0 Å². The van der Waals surface area contributed by atoms with Crippen molar-refractivity contribution in [3.63, 3.8) is 0 Å². The molecule has 0 aliphatic carbocycles. The molecule has 0 aromatic carbocycles. The van der Waals surface area contributed by atoms with Gasteiger partial charge in [-0.25, -0.2) is 0 Å². The van der Waals surface area contributed by atoms with Gasteiger partial charge in [0, 0.05) is 0 Å². The van der Waals surface area contributed by atoms with Gasteiger partial charge in [-0.3, -0.25) is 0 Å². The number of rotatable bonds is 13. The molecule has 0 saturated heterocycles. The molecule has 0 heterocycles. The van der Waals surface area contributed by atoms with Crippen LogP contribution in [0, 0.1) is 0 Å². The van der Waals surface area contributed by atoms with Gasteiger partial charge in [0.15, 0.2) is 16.6 Å².